The number of carbonyl (C=O) groups is 1. The van der Waals surface area contributed by atoms with E-state index < -0.39 is 9.84 Å². The molecule has 1 saturated carbocycles. The zero-order valence-corrected chi connectivity index (χ0v) is 17.5. The fraction of sp³-hybridized carbons (Fsp3) is 0.667. The van der Waals surface area contributed by atoms with Crippen LogP contribution < -0.4 is 0 Å². The van der Waals surface area contributed by atoms with Crippen molar-refractivity contribution < 1.29 is 13.2 Å². The van der Waals surface area contributed by atoms with Crippen LogP contribution in [0.2, 0.25) is 0 Å². The van der Waals surface area contributed by atoms with Crippen LogP contribution in [0.5, 0.6) is 0 Å². The average Bonchev–Trinajstić information content (AvgIpc) is 3.07. The highest BCUT2D eigenvalue weighted by Crippen LogP contribution is 2.35. The molecular formula is C21H32N2O3S. The van der Waals surface area contributed by atoms with Gasteiger partial charge in [-0.15, -0.1) is 0 Å². The molecule has 0 aromatic heterocycles. The summed E-state index contributed by atoms with van der Waals surface area (Å²) in [5.74, 6) is 0.295. The molecule has 3 atom stereocenters. The van der Waals surface area contributed by atoms with Crippen LogP contribution in [0.4, 0.5) is 0 Å². The second kappa shape index (κ2) is 8.31. The summed E-state index contributed by atoms with van der Waals surface area (Å²) in [6.07, 6.45) is 4.23. The summed E-state index contributed by atoms with van der Waals surface area (Å²) in [5, 5.41) is 0. The van der Waals surface area contributed by atoms with E-state index in [1.54, 1.807) is 24.3 Å². The lowest BCUT2D eigenvalue weighted by molar-refractivity contribution is -0.131. The highest BCUT2D eigenvalue weighted by atomic mass is 32.2. The number of likely N-dealkylation sites (tertiary alicyclic amines) is 1. The zero-order chi connectivity index (χ0) is 19.6. The second-order valence-corrected chi connectivity index (χ2v) is 10.4. The summed E-state index contributed by atoms with van der Waals surface area (Å²) in [7, 11) is -1.24. The molecule has 150 valence electrons. The van der Waals surface area contributed by atoms with Crippen LogP contribution in [0.3, 0.4) is 0 Å². The van der Waals surface area contributed by atoms with Crippen molar-refractivity contribution in [1.29, 1.82) is 0 Å². The van der Waals surface area contributed by atoms with E-state index in [1.165, 1.54) is 0 Å². The molecule has 6 heteroatoms. The van der Waals surface area contributed by atoms with Crippen molar-refractivity contribution in [3.8, 4) is 0 Å². The number of nitrogens with zero attached hydrogens (tertiary/aromatic N) is 2. The van der Waals surface area contributed by atoms with Crippen molar-refractivity contribution in [3.63, 3.8) is 0 Å². The number of benzene rings is 1. The minimum Gasteiger partial charge on any atom is -0.339 e. The van der Waals surface area contributed by atoms with E-state index in [2.05, 4.69) is 25.8 Å². The largest absolute Gasteiger partial charge is 0.339 e. The zero-order valence-electron chi connectivity index (χ0n) is 16.7. The maximum Gasteiger partial charge on any atom is 0.222 e. The number of sulfone groups is 1. The quantitative estimate of drug-likeness (QED) is 0.747. The van der Waals surface area contributed by atoms with E-state index in [9.17, 15) is 13.2 Å². The lowest BCUT2D eigenvalue weighted by atomic mass is 9.81. The molecule has 1 aliphatic carbocycles. The van der Waals surface area contributed by atoms with E-state index in [0.29, 0.717) is 23.4 Å². The van der Waals surface area contributed by atoms with Gasteiger partial charge in [-0.1, -0.05) is 18.2 Å². The lowest BCUT2D eigenvalue weighted by Gasteiger charge is -2.44. The third-order valence-corrected chi connectivity index (χ3v) is 8.21. The number of carbonyl (C=O) groups excluding carboxylic acids is 1. The first kappa shape index (κ1) is 20.3. The number of hydrogen-bond donors (Lipinski definition) is 0. The molecule has 0 spiro atoms. The van der Waals surface area contributed by atoms with Gasteiger partial charge in [0.15, 0.2) is 9.84 Å². The van der Waals surface area contributed by atoms with Crippen LogP contribution >= 0.6 is 0 Å². The molecule has 1 amide bonds. The van der Waals surface area contributed by atoms with E-state index >= 15 is 0 Å². The Morgan fingerprint density at radius 3 is 2.48 bits per heavy atom. The molecule has 0 bridgehead atoms. The minimum absolute atomic E-state index is 0.0165. The summed E-state index contributed by atoms with van der Waals surface area (Å²) in [6.45, 7) is 5.12. The highest BCUT2D eigenvalue weighted by molar-refractivity contribution is 7.91. The number of amides is 1. The summed E-state index contributed by atoms with van der Waals surface area (Å²) in [5.41, 5.74) is 0. The third-order valence-electron chi connectivity index (χ3n) is 6.35. The van der Waals surface area contributed by atoms with Gasteiger partial charge in [-0.3, -0.25) is 4.79 Å². The fourth-order valence-corrected chi connectivity index (χ4v) is 6.32. The molecular weight excluding hydrogens is 360 g/mol. The lowest BCUT2D eigenvalue weighted by Crippen LogP contribution is -2.51. The Hall–Kier alpha value is -1.40. The summed E-state index contributed by atoms with van der Waals surface area (Å²) in [6, 6.07) is 9.56. The van der Waals surface area contributed by atoms with Crippen molar-refractivity contribution in [2.45, 2.75) is 69.0 Å². The molecule has 1 aromatic rings. The molecule has 0 N–H and O–H groups in total. The Balaban J connectivity index is 1.83. The van der Waals surface area contributed by atoms with Gasteiger partial charge in [-0.25, -0.2) is 8.42 Å². The van der Waals surface area contributed by atoms with Gasteiger partial charge >= 0.3 is 0 Å². The molecule has 2 fully saturated rings. The Kier molecular flexibility index (Phi) is 6.26. The van der Waals surface area contributed by atoms with Crippen LogP contribution in [0.1, 0.15) is 46.0 Å². The molecule has 2 aliphatic rings. The number of hydrogen-bond acceptors (Lipinski definition) is 4. The summed E-state index contributed by atoms with van der Waals surface area (Å²) < 4.78 is 26.1. The molecule has 1 aromatic carbocycles. The van der Waals surface area contributed by atoms with Crippen LogP contribution in [0, 0.1) is 5.92 Å². The van der Waals surface area contributed by atoms with Gasteiger partial charge in [0, 0.05) is 31.1 Å². The molecule has 1 aliphatic heterocycles. The standard InChI is InChI=1S/C21H32N2O3S/c1-16(2)22(3)18-11-12-20(23-13-7-10-21(23)24)17(14-18)15-27(25,26)19-8-5-4-6-9-19/h4-6,8-9,16-18,20H,7,10-15H2,1-3H3/t17-,18+,20-/m0/s1. The topological polar surface area (TPSA) is 57.7 Å². The number of rotatable bonds is 6. The minimum atomic E-state index is -3.37. The van der Waals surface area contributed by atoms with Crippen molar-refractivity contribution in [3.05, 3.63) is 30.3 Å². The Labute approximate surface area is 163 Å². The van der Waals surface area contributed by atoms with Crippen molar-refractivity contribution in [2.75, 3.05) is 19.3 Å². The molecule has 5 nitrogen and oxygen atoms in total. The van der Waals surface area contributed by atoms with E-state index in [0.717, 1.165) is 32.2 Å². The molecule has 0 unspecified atom stereocenters. The van der Waals surface area contributed by atoms with Crippen LogP contribution in [-0.4, -0.2) is 61.6 Å². The third kappa shape index (κ3) is 4.54. The molecule has 3 rings (SSSR count). The molecule has 1 heterocycles. The van der Waals surface area contributed by atoms with Crippen LogP contribution in [-0.2, 0) is 14.6 Å². The Bertz CT molecular complexity index is 748. The first-order chi connectivity index (χ1) is 12.8. The van der Waals surface area contributed by atoms with E-state index in [1.807, 2.05) is 11.0 Å². The maximum absolute atomic E-state index is 13.0. The van der Waals surface area contributed by atoms with Gasteiger partial charge < -0.3 is 9.80 Å². The first-order valence-electron chi connectivity index (χ1n) is 10.1. The predicted octanol–water partition coefficient (Wildman–Crippen LogP) is 2.96. The van der Waals surface area contributed by atoms with Gasteiger partial charge in [-0.2, -0.15) is 0 Å². The fourth-order valence-electron chi connectivity index (χ4n) is 4.63. The smallest absolute Gasteiger partial charge is 0.222 e. The monoisotopic (exact) mass is 392 g/mol. The average molecular weight is 393 g/mol. The van der Waals surface area contributed by atoms with E-state index in [-0.39, 0.29) is 23.6 Å². The first-order valence-corrected chi connectivity index (χ1v) is 11.7. The van der Waals surface area contributed by atoms with Gasteiger partial charge in [0.1, 0.15) is 0 Å². The Morgan fingerprint density at radius 1 is 1.19 bits per heavy atom. The van der Waals surface area contributed by atoms with Crippen molar-refractivity contribution in [2.24, 2.45) is 5.92 Å². The normalized spacial score (nSPS) is 26.9. The predicted molar refractivity (Wildman–Crippen MR) is 107 cm³/mol. The summed E-state index contributed by atoms with van der Waals surface area (Å²) >= 11 is 0. The van der Waals surface area contributed by atoms with E-state index in [4.69, 9.17) is 0 Å². The van der Waals surface area contributed by atoms with Gasteiger partial charge in [0.05, 0.1) is 10.6 Å². The van der Waals surface area contributed by atoms with Crippen LogP contribution in [0.25, 0.3) is 0 Å². The van der Waals surface area contributed by atoms with Gasteiger partial charge in [0.2, 0.25) is 5.91 Å². The molecule has 27 heavy (non-hydrogen) atoms. The second-order valence-electron chi connectivity index (χ2n) is 8.34. The van der Waals surface area contributed by atoms with Gasteiger partial charge in [-0.05, 0) is 64.6 Å². The summed E-state index contributed by atoms with van der Waals surface area (Å²) in [4.78, 5) is 17.0. The Morgan fingerprint density at radius 2 is 1.89 bits per heavy atom. The molecule has 1 saturated heterocycles. The highest BCUT2D eigenvalue weighted by Gasteiger charge is 2.41. The van der Waals surface area contributed by atoms with Crippen LogP contribution in [0.15, 0.2) is 35.2 Å². The van der Waals surface area contributed by atoms with Crippen molar-refractivity contribution >= 4 is 15.7 Å². The maximum atomic E-state index is 13.0. The SMILES string of the molecule is CC(C)N(C)[C@@H]1CC[C@H](N2CCCC2=O)[C@H](CS(=O)(=O)c2ccccc2)C1. The van der Waals surface area contributed by atoms with Gasteiger partial charge in [0.25, 0.3) is 0 Å². The molecule has 0 radical (unpaired) electrons. The van der Waals surface area contributed by atoms with Crippen molar-refractivity contribution in [1.82, 2.24) is 9.80 Å².